The van der Waals surface area contributed by atoms with Gasteiger partial charge >= 0.3 is 12.0 Å². The molecule has 2 rings (SSSR count). The molecule has 1 aliphatic heterocycles. The van der Waals surface area contributed by atoms with E-state index in [1.807, 2.05) is 22.8 Å². The lowest BCUT2D eigenvalue weighted by Crippen LogP contribution is -2.54. The number of allylic oxidation sites excluding steroid dienone is 1. The predicted octanol–water partition coefficient (Wildman–Crippen LogP) is 4.62. The number of likely N-dealkylation sites (tertiary alicyclic amines) is 1. The zero-order valence-corrected chi connectivity index (χ0v) is 20.2. The highest BCUT2D eigenvalue weighted by Crippen LogP contribution is 2.33. The van der Waals surface area contributed by atoms with Crippen molar-refractivity contribution in [3.05, 3.63) is 21.9 Å². The Morgan fingerprint density at radius 2 is 1.68 bits per heavy atom. The molecule has 174 valence electrons. The fourth-order valence-corrected chi connectivity index (χ4v) is 5.91. The Hall–Kier alpha value is -1.61. The van der Waals surface area contributed by atoms with Gasteiger partial charge in [0.15, 0.2) is 0 Å². The molecule has 0 spiro atoms. The van der Waals surface area contributed by atoms with Crippen LogP contribution in [0.4, 0.5) is 4.79 Å². The van der Waals surface area contributed by atoms with Crippen molar-refractivity contribution < 1.29 is 19.5 Å². The molecule has 2 fully saturated rings. The summed E-state index contributed by atoms with van der Waals surface area (Å²) < 4.78 is 0.795. The summed E-state index contributed by atoms with van der Waals surface area (Å²) in [5.74, 6) is -0.820. The van der Waals surface area contributed by atoms with E-state index in [0.717, 1.165) is 42.8 Å². The first-order chi connectivity index (χ1) is 14.8. The lowest BCUT2D eigenvalue weighted by molar-refractivity contribution is -0.134. The van der Waals surface area contributed by atoms with Crippen LogP contribution in [0, 0.1) is 0 Å². The quantitative estimate of drug-likeness (QED) is 0.504. The normalized spacial score (nSPS) is 18.9. The smallest absolute Gasteiger partial charge is 0.322 e. The Kier molecular flexibility index (Phi) is 10.8. The summed E-state index contributed by atoms with van der Waals surface area (Å²) in [6.45, 7) is 8.78. The minimum absolute atomic E-state index is 0.0309. The lowest BCUT2D eigenvalue weighted by atomic mass is 9.98. The number of thioether (sulfide) groups is 2. The molecule has 0 unspecified atom stereocenters. The summed E-state index contributed by atoms with van der Waals surface area (Å²) in [5, 5.41) is 12.3. The van der Waals surface area contributed by atoms with Gasteiger partial charge in [-0.15, -0.1) is 11.8 Å². The fourth-order valence-electron chi connectivity index (χ4n) is 4.26. The first-order valence-corrected chi connectivity index (χ1v) is 12.8. The Morgan fingerprint density at radius 1 is 1.10 bits per heavy atom. The number of piperidine rings is 1. The second-order valence-corrected chi connectivity index (χ2v) is 10.4. The molecule has 9 heteroatoms. The van der Waals surface area contributed by atoms with E-state index in [1.54, 1.807) is 6.92 Å². The van der Waals surface area contributed by atoms with Crippen LogP contribution >= 0.6 is 23.5 Å². The summed E-state index contributed by atoms with van der Waals surface area (Å²) in [7, 11) is 0. The van der Waals surface area contributed by atoms with Gasteiger partial charge in [-0.2, -0.15) is 0 Å². The SMILES string of the molecule is C=C(NC(=O)N(C1CCCCCC1)C1CCN(C(C)=O)CC1)S/C(=C\C)SCC(=O)O. The lowest BCUT2D eigenvalue weighted by Gasteiger charge is -2.42. The fraction of sp³-hybridized carbons (Fsp3) is 0.682. The van der Waals surface area contributed by atoms with Crippen LogP contribution < -0.4 is 5.32 Å². The summed E-state index contributed by atoms with van der Waals surface area (Å²) in [4.78, 5) is 39.8. The first kappa shape index (κ1) is 25.6. The standard InChI is InChI=1S/C22H35N3O4S2/c1-4-21(30-15-20(27)28)31-16(2)23-22(29)25(18-9-7-5-6-8-10-18)19-11-13-24(14-12-19)17(3)26/h4,18-19H,2,5-15H2,1,3H3,(H,23,29)(H,27,28)/b21-4-. The van der Waals surface area contributed by atoms with E-state index in [4.69, 9.17) is 5.11 Å². The molecule has 31 heavy (non-hydrogen) atoms. The number of nitrogens with zero attached hydrogens (tertiary/aromatic N) is 2. The van der Waals surface area contributed by atoms with Crippen molar-refractivity contribution in [2.75, 3.05) is 18.8 Å². The molecule has 0 aromatic heterocycles. The van der Waals surface area contributed by atoms with Gasteiger partial charge in [0.25, 0.3) is 0 Å². The van der Waals surface area contributed by atoms with E-state index < -0.39 is 5.97 Å². The Labute approximate surface area is 194 Å². The van der Waals surface area contributed by atoms with Crippen LogP contribution in [0.15, 0.2) is 21.9 Å². The number of hydrogen-bond acceptors (Lipinski definition) is 5. The van der Waals surface area contributed by atoms with Gasteiger partial charge in [0.2, 0.25) is 5.91 Å². The van der Waals surface area contributed by atoms with Gasteiger partial charge in [-0.05, 0) is 32.6 Å². The van der Waals surface area contributed by atoms with Crippen LogP contribution in [-0.2, 0) is 9.59 Å². The summed E-state index contributed by atoms with van der Waals surface area (Å²) in [6.07, 6.45) is 10.1. The topological polar surface area (TPSA) is 90.0 Å². The van der Waals surface area contributed by atoms with Crippen molar-refractivity contribution in [1.82, 2.24) is 15.1 Å². The maximum atomic E-state index is 13.4. The second kappa shape index (κ2) is 13.1. The van der Waals surface area contributed by atoms with Crippen molar-refractivity contribution in [3.8, 4) is 0 Å². The van der Waals surface area contributed by atoms with Gasteiger partial charge in [-0.25, -0.2) is 4.79 Å². The Balaban J connectivity index is 2.04. The number of urea groups is 1. The van der Waals surface area contributed by atoms with Crippen molar-refractivity contribution >= 4 is 41.4 Å². The maximum Gasteiger partial charge on any atom is 0.322 e. The highest BCUT2D eigenvalue weighted by molar-refractivity contribution is 8.24. The van der Waals surface area contributed by atoms with Crippen LogP contribution in [0.2, 0.25) is 0 Å². The number of hydrogen-bond donors (Lipinski definition) is 2. The van der Waals surface area contributed by atoms with Crippen LogP contribution in [0.5, 0.6) is 0 Å². The maximum absolute atomic E-state index is 13.4. The zero-order chi connectivity index (χ0) is 22.8. The molecular formula is C22H35N3O4S2. The minimum atomic E-state index is -0.879. The van der Waals surface area contributed by atoms with E-state index in [-0.39, 0.29) is 29.8 Å². The zero-order valence-electron chi connectivity index (χ0n) is 18.6. The third-order valence-electron chi connectivity index (χ3n) is 5.80. The average Bonchev–Trinajstić information content (AvgIpc) is 3.00. The van der Waals surface area contributed by atoms with Gasteiger partial charge in [0, 0.05) is 36.3 Å². The van der Waals surface area contributed by atoms with Gasteiger partial charge in [0.1, 0.15) is 0 Å². The number of rotatable bonds is 8. The summed E-state index contributed by atoms with van der Waals surface area (Å²) in [6, 6.07) is 0.181. The molecule has 1 aliphatic carbocycles. The van der Waals surface area contributed by atoms with Crippen LogP contribution in [-0.4, -0.2) is 63.7 Å². The molecule has 0 radical (unpaired) electrons. The van der Waals surface area contributed by atoms with E-state index in [9.17, 15) is 14.4 Å². The third kappa shape index (κ3) is 8.44. The second-order valence-electron chi connectivity index (χ2n) is 8.04. The van der Waals surface area contributed by atoms with Gasteiger partial charge in [-0.3, -0.25) is 9.59 Å². The minimum Gasteiger partial charge on any atom is -0.481 e. The van der Waals surface area contributed by atoms with Crippen molar-refractivity contribution in [2.24, 2.45) is 0 Å². The molecule has 1 saturated carbocycles. The highest BCUT2D eigenvalue weighted by Gasteiger charge is 2.34. The van der Waals surface area contributed by atoms with Gasteiger partial charge < -0.3 is 20.2 Å². The molecular weight excluding hydrogens is 434 g/mol. The van der Waals surface area contributed by atoms with Crippen LogP contribution in [0.3, 0.4) is 0 Å². The van der Waals surface area contributed by atoms with E-state index >= 15 is 0 Å². The monoisotopic (exact) mass is 469 g/mol. The number of carbonyl (C=O) groups excluding carboxylic acids is 2. The Morgan fingerprint density at radius 3 is 2.19 bits per heavy atom. The molecule has 7 nitrogen and oxygen atoms in total. The predicted molar refractivity (Wildman–Crippen MR) is 128 cm³/mol. The molecule has 0 aromatic carbocycles. The van der Waals surface area contributed by atoms with Gasteiger partial charge in [0.05, 0.1) is 10.8 Å². The number of carbonyl (C=O) groups is 3. The molecule has 0 aromatic rings. The molecule has 0 atom stereocenters. The number of carboxylic acid groups (broad SMARTS) is 1. The summed E-state index contributed by atoms with van der Waals surface area (Å²) in [5.41, 5.74) is 0. The molecule has 1 heterocycles. The third-order valence-corrected chi connectivity index (χ3v) is 8.10. The number of aliphatic carboxylic acids is 1. The van der Waals surface area contributed by atoms with Gasteiger partial charge in [-0.1, -0.05) is 50.1 Å². The molecule has 2 aliphatic rings. The Bertz CT molecular complexity index is 682. The molecule has 1 saturated heterocycles. The number of nitrogens with one attached hydrogen (secondary N) is 1. The molecule has 0 bridgehead atoms. The van der Waals surface area contributed by atoms with Crippen molar-refractivity contribution in [3.63, 3.8) is 0 Å². The molecule has 2 N–H and O–H groups in total. The van der Waals surface area contributed by atoms with Crippen LogP contribution in [0.1, 0.15) is 65.2 Å². The molecule has 3 amide bonds. The largest absolute Gasteiger partial charge is 0.481 e. The van der Waals surface area contributed by atoms with E-state index in [2.05, 4.69) is 11.9 Å². The highest BCUT2D eigenvalue weighted by atomic mass is 32.2. The average molecular weight is 470 g/mol. The van der Waals surface area contributed by atoms with Crippen molar-refractivity contribution in [1.29, 1.82) is 0 Å². The summed E-state index contributed by atoms with van der Waals surface area (Å²) >= 11 is 2.51. The number of amides is 3. The van der Waals surface area contributed by atoms with E-state index in [1.165, 1.54) is 36.4 Å². The number of carboxylic acids is 1. The van der Waals surface area contributed by atoms with Crippen molar-refractivity contribution in [2.45, 2.75) is 77.3 Å². The van der Waals surface area contributed by atoms with Crippen LogP contribution in [0.25, 0.3) is 0 Å². The van der Waals surface area contributed by atoms with E-state index in [0.29, 0.717) is 18.1 Å². The first-order valence-electron chi connectivity index (χ1n) is 11.0.